The summed E-state index contributed by atoms with van der Waals surface area (Å²) >= 11 is 0. The smallest absolute Gasteiger partial charge is 0.123 e. The Morgan fingerprint density at radius 3 is 2.60 bits per heavy atom. The Hall–Kier alpha value is -0.180. The lowest BCUT2D eigenvalue weighted by Crippen LogP contribution is -2.26. The predicted molar refractivity (Wildman–Crippen MR) is 36.5 cm³/mol. The van der Waals surface area contributed by atoms with Crippen LogP contribution in [0.2, 0.25) is 0 Å². The van der Waals surface area contributed by atoms with E-state index in [4.69, 9.17) is 0 Å². The Balaban J connectivity index is 1.86. The molecule has 1 aliphatic carbocycles. The molecule has 0 aromatic rings. The molecular formula is C7H13F2N. The van der Waals surface area contributed by atoms with Gasteiger partial charge < -0.3 is 5.32 Å². The van der Waals surface area contributed by atoms with Gasteiger partial charge >= 0.3 is 0 Å². The molecule has 1 N–H and O–H groups in total. The summed E-state index contributed by atoms with van der Waals surface area (Å²) < 4.78 is 24.3. The minimum atomic E-state index is -0.934. The summed E-state index contributed by atoms with van der Waals surface area (Å²) in [6, 6.07) is 0. The van der Waals surface area contributed by atoms with Gasteiger partial charge in [0.05, 0.1) is 6.67 Å². The predicted octanol–water partition coefficient (Wildman–Crippen LogP) is 1.44. The van der Waals surface area contributed by atoms with Crippen LogP contribution in [0.1, 0.15) is 19.3 Å². The molecule has 0 unspecified atom stereocenters. The van der Waals surface area contributed by atoms with Gasteiger partial charge in [0.15, 0.2) is 0 Å². The highest BCUT2D eigenvalue weighted by Gasteiger charge is 2.42. The van der Waals surface area contributed by atoms with Crippen LogP contribution in [0.3, 0.4) is 0 Å². The highest BCUT2D eigenvalue weighted by molar-refractivity contribution is 4.95. The molecule has 0 spiro atoms. The van der Waals surface area contributed by atoms with Crippen molar-refractivity contribution in [3.8, 4) is 0 Å². The number of alkyl halides is 2. The first-order valence-corrected chi connectivity index (χ1v) is 3.72. The Morgan fingerprint density at radius 2 is 2.10 bits per heavy atom. The summed E-state index contributed by atoms with van der Waals surface area (Å²) in [6.45, 7) is 0.696. The summed E-state index contributed by atoms with van der Waals surface area (Å²) in [4.78, 5) is 0. The third-order valence-corrected chi connectivity index (χ3v) is 1.72. The van der Waals surface area contributed by atoms with E-state index in [1.807, 2.05) is 0 Å². The molecule has 1 aliphatic rings. The molecule has 1 nitrogen and oxygen atoms in total. The fraction of sp³-hybridized carbons (Fsp3) is 1.00. The maximum atomic E-state index is 12.8. The monoisotopic (exact) mass is 149 g/mol. The quantitative estimate of drug-likeness (QED) is 0.583. The van der Waals surface area contributed by atoms with Crippen molar-refractivity contribution in [3.63, 3.8) is 0 Å². The summed E-state index contributed by atoms with van der Waals surface area (Å²) in [5.74, 6) is 0. The van der Waals surface area contributed by atoms with Crippen LogP contribution in [-0.2, 0) is 0 Å². The van der Waals surface area contributed by atoms with Gasteiger partial charge in [0.2, 0.25) is 0 Å². The van der Waals surface area contributed by atoms with Crippen molar-refractivity contribution < 1.29 is 8.78 Å². The first-order valence-electron chi connectivity index (χ1n) is 3.72. The molecule has 10 heavy (non-hydrogen) atoms. The maximum Gasteiger partial charge on any atom is 0.123 e. The largest absolute Gasteiger partial charge is 0.313 e. The molecule has 3 heteroatoms. The second-order valence-corrected chi connectivity index (χ2v) is 2.87. The zero-order valence-corrected chi connectivity index (χ0v) is 6.00. The van der Waals surface area contributed by atoms with Crippen molar-refractivity contribution in [2.24, 2.45) is 0 Å². The standard InChI is InChI=1S/C7H13F2N/c8-4-1-5-10-6-7(9)2-3-7/h10H,1-6H2. The van der Waals surface area contributed by atoms with Crippen molar-refractivity contribution in [2.75, 3.05) is 19.8 Å². The topological polar surface area (TPSA) is 12.0 Å². The van der Waals surface area contributed by atoms with Crippen LogP contribution in [-0.4, -0.2) is 25.4 Å². The highest BCUT2D eigenvalue weighted by atomic mass is 19.1. The van der Waals surface area contributed by atoms with Gasteiger partial charge in [-0.15, -0.1) is 0 Å². The van der Waals surface area contributed by atoms with Gasteiger partial charge in [-0.05, 0) is 25.8 Å². The van der Waals surface area contributed by atoms with Gasteiger partial charge in [-0.2, -0.15) is 0 Å². The summed E-state index contributed by atoms with van der Waals surface area (Å²) in [5.41, 5.74) is -0.934. The highest BCUT2D eigenvalue weighted by Crippen LogP contribution is 2.38. The van der Waals surface area contributed by atoms with Gasteiger partial charge in [-0.25, -0.2) is 4.39 Å². The van der Waals surface area contributed by atoms with E-state index in [9.17, 15) is 8.78 Å². The molecule has 0 saturated heterocycles. The molecule has 0 bridgehead atoms. The fourth-order valence-corrected chi connectivity index (χ4v) is 0.817. The van der Waals surface area contributed by atoms with Crippen LogP contribution < -0.4 is 5.32 Å². The molecule has 0 aromatic carbocycles. The molecular weight excluding hydrogens is 136 g/mol. The van der Waals surface area contributed by atoms with E-state index >= 15 is 0 Å². The molecule has 0 atom stereocenters. The average molecular weight is 149 g/mol. The van der Waals surface area contributed by atoms with Gasteiger partial charge in [0.25, 0.3) is 0 Å². The molecule has 60 valence electrons. The van der Waals surface area contributed by atoms with E-state index in [0.717, 1.165) is 0 Å². The van der Waals surface area contributed by atoms with Crippen molar-refractivity contribution in [2.45, 2.75) is 24.9 Å². The normalized spacial score (nSPS) is 21.0. The molecule has 0 amide bonds. The van der Waals surface area contributed by atoms with Gasteiger partial charge in [0, 0.05) is 6.54 Å². The Morgan fingerprint density at radius 1 is 1.40 bits per heavy atom. The minimum absolute atomic E-state index is 0.313. The van der Waals surface area contributed by atoms with Crippen LogP contribution in [0.15, 0.2) is 0 Å². The SMILES string of the molecule is FCCCNCC1(F)CC1. The van der Waals surface area contributed by atoms with Gasteiger partial charge in [-0.1, -0.05) is 0 Å². The molecule has 1 fully saturated rings. The first-order chi connectivity index (χ1) is 4.77. The van der Waals surface area contributed by atoms with Crippen LogP contribution in [0.4, 0.5) is 8.78 Å². The molecule has 0 radical (unpaired) electrons. The first kappa shape index (κ1) is 7.92. The average Bonchev–Trinajstić information content (AvgIpc) is 2.62. The summed E-state index contributed by atoms with van der Waals surface area (Å²) in [5, 5.41) is 2.87. The fourth-order valence-electron chi connectivity index (χ4n) is 0.817. The van der Waals surface area contributed by atoms with Crippen LogP contribution >= 0.6 is 0 Å². The summed E-state index contributed by atoms with van der Waals surface area (Å²) in [7, 11) is 0. The Labute approximate surface area is 59.8 Å². The molecule has 1 saturated carbocycles. The third-order valence-electron chi connectivity index (χ3n) is 1.72. The van der Waals surface area contributed by atoms with Crippen molar-refractivity contribution in [3.05, 3.63) is 0 Å². The van der Waals surface area contributed by atoms with Crippen LogP contribution in [0, 0.1) is 0 Å². The molecule has 0 aliphatic heterocycles. The van der Waals surface area contributed by atoms with Gasteiger partial charge in [0.1, 0.15) is 5.67 Å². The van der Waals surface area contributed by atoms with E-state index in [1.54, 1.807) is 0 Å². The van der Waals surface area contributed by atoms with E-state index in [1.165, 1.54) is 0 Å². The van der Waals surface area contributed by atoms with E-state index in [0.29, 0.717) is 32.4 Å². The van der Waals surface area contributed by atoms with E-state index < -0.39 is 5.67 Å². The number of hydrogen-bond acceptors (Lipinski definition) is 1. The Kier molecular flexibility index (Phi) is 2.60. The lowest BCUT2D eigenvalue weighted by molar-refractivity contribution is 0.293. The van der Waals surface area contributed by atoms with Crippen molar-refractivity contribution in [1.82, 2.24) is 5.32 Å². The zero-order chi connectivity index (χ0) is 7.45. The number of halogens is 2. The Bertz CT molecular complexity index is 102. The lowest BCUT2D eigenvalue weighted by Gasteiger charge is -2.04. The minimum Gasteiger partial charge on any atom is -0.313 e. The van der Waals surface area contributed by atoms with Gasteiger partial charge in [-0.3, -0.25) is 4.39 Å². The van der Waals surface area contributed by atoms with Crippen molar-refractivity contribution in [1.29, 1.82) is 0 Å². The second-order valence-electron chi connectivity index (χ2n) is 2.87. The molecule has 0 aromatic heterocycles. The number of rotatable bonds is 5. The molecule has 0 heterocycles. The van der Waals surface area contributed by atoms with E-state index in [-0.39, 0.29) is 6.67 Å². The zero-order valence-electron chi connectivity index (χ0n) is 6.00. The number of hydrogen-bond donors (Lipinski definition) is 1. The maximum absolute atomic E-state index is 12.8. The second kappa shape index (κ2) is 3.28. The third kappa shape index (κ3) is 2.60. The lowest BCUT2D eigenvalue weighted by atomic mass is 10.3. The molecule has 1 rings (SSSR count). The van der Waals surface area contributed by atoms with Crippen LogP contribution in [0.5, 0.6) is 0 Å². The van der Waals surface area contributed by atoms with E-state index in [2.05, 4.69) is 5.32 Å². The van der Waals surface area contributed by atoms with Crippen molar-refractivity contribution >= 4 is 0 Å². The number of nitrogens with one attached hydrogen (secondary N) is 1. The van der Waals surface area contributed by atoms with Crippen LogP contribution in [0.25, 0.3) is 0 Å². The summed E-state index contributed by atoms with van der Waals surface area (Å²) in [6.07, 6.45) is 1.85.